The Hall–Kier alpha value is -2.77. The second-order valence-corrected chi connectivity index (χ2v) is 7.88. The molecule has 1 aliphatic heterocycles. The van der Waals surface area contributed by atoms with Crippen LogP contribution in [-0.4, -0.2) is 48.7 Å². The molecule has 0 radical (unpaired) electrons. The molecule has 1 aliphatic carbocycles. The highest BCUT2D eigenvalue weighted by atomic mass is 15.4. The smallest absolute Gasteiger partial charge is 0.254 e. The molecule has 0 aromatic carbocycles. The number of piperidine rings is 1. The normalized spacial score (nSPS) is 17.7. The number of aromatic nitrogens is 6. The van der Waals surface area contributed by atoms with Crippen LogP contribution in [0.15, 0.2) is 12.7 Å². The van der Waals surface area contributed by atoms with Crippen molar-refractivity contribution in [1.29, 1.82) is 0 Å². The number of anilines is 2. The zero-order valence-electron chi connectivity index (χ0n) is 16.5. The predicted octanol–water partition coefficient (Wildman–Crippen LogP) is 2.49. The van der Waals surface area contributed by atoms with Crippen LogP contribution in [0.5, 0.6) is 0 Å². The molecule has 146 valence electrons. The van der Waals surface area contributed by atoms with Gasteiger partial charge in [0.2, 0.25) is 0 Å². The van der Waals surface area contributed by atoms with Gasteiger partial charge in [-0.15, -0.1) is 0 Å². The average molecular weight is 378 g/mol. The van der Waals surface area contributed by atoms with Crippen LogP contribution in [-0.2, 0) is 12.8 Å². The molecule has 0 bridgehead atoms. The fourth-order valence-corrected chi connectivity index (χ4v) is 4.41. The first-order valence-corrected chi connectivity index (χ1v) is 10.2. The van der Waals surface area contributed by atoms with E-state index in [2.05, 4.69) is 42.2 Å². The molecular formula is C20H26N8. The Balaban J connectivity index is 1.33. The van der Waals surface area contributed by atoms with E-state index in [1.165, 1.54) is 24.1 Å². The molecule has 5 rings (SSSR count). The van der Waals surface area contributed by atoms with Gasteiger partial charge in [-0.25, -0.2) is 15.0 Å². The van der Waals surface area contributed by atoms with E-state index in [1.807, 2.05) is 11.4 Å². The third kappa shape index (κ3) is 2.96. The topological polar surface area (TPSA) is 84.1 Å². The van der Waals surface area contributed by atoms with Crippen LogP contribution in [0.3, 0.4) is 0 Å². The van der Waals surface area contributed by atoms with Crippen LogP contribution in [0.1, 0.15) is 48.2 Å². The van der Waals surface area contributed by atoms with Crippen molar-refractivity contribution < 1.29 is 0 Å². The molecule has 4 heterocycles. The molecule has 3 aromatic heterocycles. The number of rotatable bonds is 3. The summed E-state index contributed by atoms with van der Waals surface area (Å²) in [6.45, 7) is 6.12. The summed E-state index contributed by atoms with van der Waals surface area (Å²) < 4.78 is 1.81. The maximum absolute atomic E-state index is 4.65. The summed E-state index contributed by atoms with van der Waals surface area (Å²) in [6.07, 6.45) is 10.1. The lowest BCUT2D eigenvalue weighted by atomic mass is 9.95. The van der Waals surface area contributed by atoms with Crippen molar-refractivity contribution >= 4 is 17.4 Å². The lowest BCUT2D eigenvalue weighted by molar-refractivity contribution is 0.517. The van der Waals surface area contributed by atoms with Crippen molar-refractivity contribution in [3.8, 4) is 0 Å². The Kier molecular flexibility index (Phi) is 4.33. The van der Waals surface area contributed by atoms with Crippen LogP contribution in [0, 0.1) is 13.8 Å². The van der Waals surface area contributed by atoms with E-state index in [9.17, 15) is 0 Å². The fourth-order valence-electron chi connectivity index (χ4n) is 4.41. The Bertz CT molecular complexity index is 1000. The predicted molar refractivity (Wildman–Crippen MR) is 108 cm³/mol. The minimum Gasteiger partial charge on any atom is -0.367 e. The van der Waals surface area contributed by atoms with Crippen LogP contribution in [0.25, 0.3) is 5.78 Å². The summed E-state index contributed by atoms with van der Waals surface area (Å²) in [6, 6.07) is 0.404. The number of hydrogen-bond acceptors (Lipinski definition) is 7. The standard InChI is InChI=1S/C20H26N8/c1-13-14(2)25-20-23-12-24-28(20)18(13)26-15-7-9-27(10-8-15)19-16-5-3-4-6-17(16)21-11-22-19/h11-12,15,26H,3-10H2,1-2H3. The molecule has 8 nitrogen and oxygen atoms in total. The molecule has 0 saturated carbocycles. The molecule has 8 heteroatoms. The van der Waals surface area contributed by atoms with Gasteiger partial charge < -0.3 is 10.2 Å². The maximum Gasteiger partial charge on any atom is 0.254 e. The van der Waals surface area contributed by atoms with E-state index >= 15 is 0 Å². The van der Waals surface area contributed by atoms with E-state index in [-0.39, 0.29) is 0 Å². The summed E-state index contributed by atoms with van der Waals surface area (Å²) in [5, 5.41) is 8.06. The van der Waals surface area contributed by atoms with E-state index in [1.54, 1.807) is 12.7 Å². The van der Waals surface area contributed by atoms with Gasteiger partial charge in [-0.1, -0.05) is 0 Å². The molecule has 3 aromatic rings. The molecule has 1 saturated heterocycles. The Morgan fingerprint density at radius 1 is 1.00 bits per heavy atom. The summed E-state index contributed by atoms with van der Waals surface area (Å²) in [5.74, 6) is 2.83. The molecule has 0 unspecified atom stereocenters. The molecule has 0 amide bonds. The van der Waals surface area contributed by atoms with Gasteiger partial charge in [0, 0.05) is 41.6 Å². The SMILES string of the molecule is Cc1nc2ncnn2c(NC2CCN(c3ncnc4c3CCCC4)CC2)c1C. The van der Waals surface area contributed by atoms with Crippen LogP contribution in [0.2, 0.25) is 0 Å². The van der Waals surface area contributed by atoms with Gasteiger partial charge in [0.25, 0.3) is 5.78 Å². The third-order valence-electron chi connectivity index (χ3n) is 6.14. The van der Waals surface area contributed by atoms with Crippen LogP contribution < -0.4 is 10.2 Å². The maximum atomic E-state index is 4.65. The first-order chi connectivity index (χ1) is 13.7. The Morgan fingerprint density at radius 2 is 1.82 bits per heavy atom. The Morgan fingerprint density at radius 3 is 2.68 bits per heavy atom. The summed E-state index contributed by atoms with van der Waals surface area (Å²) >= 11 is 0. The van der Waals surface area contributed by atoms with Crippen molar-refractivity contribution in [1.82, 2.24) is 29.5 Å². The minimum absolute atomic E-state index is 0.404. The number of nitrogens with one attached hydrogen (secondary N) is 1. The van der Waals surface area contributed by atoms with E-state index in [4.69, 9.17) is 0 Å². The number of aryl methyl sites for hydroxylation is 2. The Labute approximate surface area is 164 Å². The fraction of sp³-hybridized carbons (Fsp3) is 0.550. The number of nitrogens with zero attached hydrogens (tertiary/aromatic N) is 7. The van der Waals surface area contributed by atoms with Crippen LogP contribution >= 0.6 is 0 Å². The van der Waals surface area contributed by atoms with Crippen LogP contribution in [0.4, 0.5) is 11.6 Å². The van der Waals surface area contributed by atoms with Gasteiger partial charge in [0.1, 0.15) is 24.3 Å². The molecule has 28 heavy (non-hydrogen) atoms. The first kappa shape index (κ1) is 17.3. The van der Waals surface area contributed by atoms with E-state index < -0.39 is 0 Å². The van der Waals surface area contributed by atoms with Crippen molar-refractivity contribution in [2.24, 2.45) is 0 Å². The monoisotopic (exact) mass is 378 g/mol. The van der Waals surface area contributed by atoms with Gasteiger partial charge >= 0.3 is 0 Å². The highest BCUT2D eigenvalue weighted by Gasteiger charge is 2.25. The minimum atomic E-state index is 0.404. The van der Waals surface area contributed by atoms with Crippen molar-refractivity contribution in [2.45, 2.75) is 58.4 Å². The summed E-state index contributed by atoms with van der Waals surface area (Å²) in [5.41, 5.74) is 4.76. The van der Waals surface area contributed by atoms with Gasteiger partial charge in [0.05, 0.1) is 0 Å². The molecule has 0 atom stereocenters. The molecule has 1 N–H and O–H groups in total. The lowest BCUT2D eigenvalue weighted by Gasteiger charge is -2.35. The van der Waals surface area contributed by atoms with E-state index in [0.717, 1.165) is 61.7 Å². The third-order valence-corrected chi connectivity index (χ3v) is 6.14. The van der Waals surface area contributed by atoms with E-state index in [0.29, 0.717) is 11.8 Å². The second kappa shape index (κ2) is 7.00. The van der Waals surface area contributed by atoms with Gasteiger partial charge in [-0.2, -0.15) is 14.6 Å². The molecule has 2 aliphatic rings. The highest BCUT2D eigenvalue weighted by molar-refractivity contribution is 5.53. The molecular weight excluding hydrogens is 352 g/mol. The summed E-state index contributed by atoms with van der Waals surface area (Å²) in [4.78, 5) is 20.4. The molecule has 1 fully saturated rings. The summed E-state index contributed by atoms with van der Waals surface area (Å²) in [7, 11) is 0. The number of fused-ring (bicyclic) bond motifs is 2. The first-order valence-electron chi connectivity index (χ1n) is 10.2. The quantitative estimate of drug-likeness (QED) is 0.749. The zero-order chi connectivity index (χ0) is 19.1. The van der Waals surface area contributed by atoms with Gasteiger partial charge in [-0.3, -0.25) is 0 Å². The second-order valence-electron chi connectivity index (χ2n) is 7.88. The highest BCUT2D eigenvalue weighted by Crippen LogP contribution is 2.29. The lowest BCUT2D eigenvalue weighted by Crippen LogP contribution is -2.40. The van der Waals surface area contributed by atoms with Crippen molar-refractivity contribution in [2.75, 3.05) is 23.3 Å². The van der Waals surface area contributed by atoms with Gasteiger partial charge in [-0.05, 0) is 52.4 Å². The number of hydrogen-bond donors (Lipinski definition) is 1. The average Bonchev–Trinajstić information content (AvgIpc) is 3.19. The molecule has 0 spiro atoms. The van der Waals surface area contributed by atoms with Crippen molar-refractivity contribution in [3.63, 3.8) is 0 Å². The zero-order valence-corrected chi connectivity index (χ0v) is 16.5. The van der Waals surface area contributed by atoms with Gasteiger partial charge in [0.15, 0.2) is 0 Å². The largest absolute Gasteiger partial charge is 0.367 e. The van der Waals surface area contributed by atoms with Crippen molar-refractivity contribution in [3.05, 3.63) is 35.2 Å².